The summed E-state index contributed by atoms with van der Waals surface area (Å²) in [5.41, 5.74) is 1.51. The van der Waals surface area contributed by atoms with Gasteiger partial charge in [0.15, 0.2) is 11.2 Å². The van der Waals surface area contributed by atoms with Crippen LogP contribution in [0.15, 0.2) is 76.5 Å². The van der Waals surface area contributed by atoms with Crippen molar-refractivity contribution in [1.29, 1.82) is 0 Å². The second-order valence-corrected chi connectivity index (χ2v) is 5.31. The molecule has 2 heterocycles. The summed E-state index contributed by atoms with van der Waals surface area (Å²) in [6.45, 7) is 0. The molecule has 0 spiro atoms. The fourth-order valence-electron chi connectivity index (χ4n) is 2.45. The molecule has 122 valence electrons. The Hall–Kier alpha value is -3.74. The van der Waals surface area contributed by atoms with E-state index >= 15 is 0 Å². The highest BCUT2D eigenvalue weighted by Gasteiger charge is 2.12. The van der Waals surface area contributed by atoms with E-state index in [0.29, 0.717) is 16.7 Å². The fourth-order valence-corrected chi connectivity index (χ4v) is 2.45. The van der Waals surface area contributed by atoms with E-state index in [1.165, 1.54) is 12.4 Å². The minimum Gasteiger partial charge on any atom is -0.451 e. The molecule has 2 aromatic carbocycles. The number of carbonyl (C=O) groups is 1. The van der Waals surface area contributed by atoms with Gasteiger partial charge in [-0.05, 0) is 36.4 Å². The molecule has 0 atom stereocenters. The van der Waals surface area contributed by atoms with E-state index in [2.05, 4.69) is 15.4 Å². The maximum Gasteiger partial charge on any atom is 0.291 e. The lowest BCUT2D eigenvalue weighted by Gasteiger charge is -2.06. The second-order valence-electron chi connectivity index (χ2n) is 5.31. The molecule has 0 bridgehead atoms. The van der Waals surface area contributed by atoms with Crippen molar-refractivity contribution in [2.45, 2.75) is 0 Å². The molecule has 0 radical (unpaired) electrons. The largest absolute Gasteiger partial charge is 0.451 e. The SMILES string of the molecule is O=C(Nc1ccc(-n2cncn2)cc1)c1cc(=O)c2ccccc2o1. The summed E-state index contributed by atoms with van der Waals surface area (Å²) in [6.07, 6.45) is 3.02. The fraction of sp³-hybridized carbons (Fsp3) is 0. The van der Waals surface area contributed by atoms with Crippen molar-refractivity contribution in [2.75, 3.05) is 5.32 Å². The Kier molecular flexibility index (Phi) is 3.59. The molecule has 1 amide bonds. The molecule has 0 saturated carbocycles. The Morgan fingerprint density at radius 2 is 1.88 bits per heavy atom. The number of hydrogen-bond acceptors (Lipinski definition) is 5. The Morgan fingerprint density at radius 1 is 1.08 bits per heavy atom. The van der Waals surface area contributed by atoms with E-state index in [1.54, 1.807) is 59.5 Å². The number of benzene rings is 2. The topological polar surface area (TPSA) is 90.0 Å². The van der Waals surface area contributed by atoms with E-state index in [4.69, 9.17) is 4.42 Å². The van der Waals surface area contributed by atoms with Crippen LogP contribution in [0.25, 0.3) is 16.7 Å². The zero-order chi connectivity index (χ0) is 17.2. The van der Waals surface area contributed by atoms with Crippen LogP contribution in [-0.4, -0.2) is 20.7 Å². The first-order chi connectivity index (χ1) is 12.2. The van der Waals surface area contributed by atoms with Gasteiger partial charge in [-0.15, -0.1) is 0 Å². The average molecular weight is 332 g/mol. The number of para-hydroxylation sites is 1. The van der Waals surface area contributed by atoms with Crippen LogP contribution in [0.2, 0.25) is 0 Å². The lowest BCUT2D eigenvalue weighted by Crippen LogP contribution is -2.15. The number of carbonyl (C=O) groups excluding carboxylic acids is 1. The minimum absolute atomic E-state index is 0.0379. The Labute approximate surface area is 141 Å². The van der Waals surface area contributed by atoms with Crippen LogP contribution in [0.3, 0.4) is 0 Å². The van der Waals surface area contributed by atoms with Crippen molar-refractivity contribution in [2.24, 2.45) is 0 Å². The molecule has 1 N–H and O–H groups in total. The Morgan fingerprint density at radius 3 is 2.64 bits per heavy atom. The van der Waals surface area contributed by atoms with Gasteiger partial charge in [0.1, 0.15) is 18.2 Å². The van der Waals surface area contributed by atoms with Gasteiger partial charge in [0, 0.05) is 11.8 Å². The Balaban J connectivity index is 1.59. The van der Waals surface area contributed by atoms with E-state index in [9.17, 15) is 9.59 Å². The molecule has 7 heteroatoms. The van der Waals surface area contributed by atoms with Crippen molar-refractivity contribution in [1.82, 2.24) is 14.8 Å². The standard InChI is InChI=1S/C18H12N4O3/c23-15-9-17(25-16-4-2-1-3-14(15)16)18(24)21-12-5-7-13(8-6-12)22-11-19-10-20-22/h1-11H,(H,21,24). The molecular weight excluding hydrogens is 320 g/mol. The van der Waals surface area contributed by atoms with E-state index in [-0.39, 0.29) is 11.2 Å². The summed E-state index contributed by atoms with van der Waals surface area (Å²) in [4.78, 5) is 28.3. The normalized spacial score (nSPS) is 10.7. The van der Waals surface area contributed by atoms with Crippen LogP contribution >= 0.6 is 0 Å². The third-order valence-corrected chi connectivity index (χ3v) is 3.67. The molecule has 4 rings (SSSR count). The summed E-state index contributed by atoms with van der Waals surface area (Å²) in [5.74, 6) is -0.527. The Bertz CT molecular complexity index is 1100. The summed E-state index contributed by atoms with van der Waals surface area (Å²) in [6, 6.07) is 15.0. The lowest BCUT2D eigenvalue weighted by atomic mass is 10.2. The molecule has 4 aromatic rings. The summed E-state index contributed by atoms with van der Waals surface area (Å²) in [7, 11) is 0. The van der Waals surface area contributed by atoms with Crippen LogP contribution in [-0.2, 0) is 0 Å². The van der Waals surface area contributed by atoms with Crippen molar-refractivity contribution < 1.29 is 9.21 Å². The summed E-state index contributed by atoms with van der Waals surface area (Å²) < 4.78 is 7.13. The molecule has 7 nitrogen and oxygen atoms in total. The van der Waals surface area contributed by atoms with Crippen molar-refractivity contribution in [3.63, 3.8) is 0 Å². The minimum atomic E-state index is -0.489. The van der Waals surface area contributed by atoms with Gasteiger partial charge in [0.05, 0.1) is 11.1 Å². The van der Waals surface area contributed by atoms with Crippen molar-refractivity contribution in [3.05, 3.63) is 83.2 Å². The first kappa shape index (κ1) is 14.8. The maximum absolute atomic E-state index is 12.4. The van der Waals surface area contributed by atoms with Crippen LogP contribution in [0, 0.1) is 0 Å². The third kappa shape index (κ3) is 2.90. The molecule has 0 saturated heterocycles. The van der Waals surface area contributed by atoms with Crippen molar-refractivity contribution >= 4 is 22.6 Å². The highest BCUT2D eigenvalue weighted by Crippen LogP contribution is 2.15. The van der Waals surface area contributed by atoms with Gasteiger partial charge in [0.2, 0.25) is 0 Å². The molecule has 2 aromatic heterocycles. The molecular formula is C18H12N4O3. The molecule has 0 aliphatic carbocycles. The molecule has 25 heavy (non-hydrogen) atoms. The number of nitrogens with zero attached hydrogens (tertiary/aromatic N) is 3. The van der Waals surface area contributed by atoms with Crippen LogP contribution in [0.5, 0.6) is 0 Å². The van der Waals surface area contributed by atoms with Gasteiger partial charge in [-0.1, -0.05) is 12.1 Å². The van der Waals surface area contributed by atoms with Gasteiger partial charge in [-0.3, -0.25) is 9.59 Å². The third-order valence-electron chi connectivity index (χ3n) is 3.67. The number of hydrogen-bond donors (Lipinski definition) is 1. The van der Waals surface area contributed by atoms with Crippen molar-refractivity contribution in [3.8, 4) is 5.69 Å². The number of anilines is 1. The van der Waals surface area contributed by atoms with Crippen LogP contribution in [0.1, 0.15) is 10.6 Å². The monoisotopic (exact) mass is 332 g/mol. The number of amides is 1. The van der Waals surface area contributed by atoms with E-state index < -0.39 is 5.91 Å². The van der Waals surface area contributed by atoms with Crippen LogP contribution < -0.4 is 10.7 Å². The number of rotatable bonds is 3. The van der Waals surface area contributed by atoms with Gasteiger partial charge in [-0.25, -0.2) is 9.67 Å². The van der Waals surface area contributed by atoms with E-state index in [1.807, 2.05) is 0 Å². The zero-order valence-corrected chi connectivity index (χ0v) is 12.9. The molecule has 0 unspecified atom stereocenters. The predicted octanol–water partition coefficient (Wildman–Crippen LogP) is 2.63. The molecule has 0 aliphatic rings. The first-order valence-corrected chi connectivity index (χ1v) is 7.50. The van der Waals surface area contributed by atoms with Gasteiger partial charge >= 0.3 is 0 Å². The predicted molar refractivity (Wildman–Crippen MR) is 91.8 cm³/mol. The molecule has 0 fully saturated rings. The molecule has 0 aliphatic heterocycles. The summed E-state index contributed by atoms with van der Waals surface area (Å²) >= 11 is 0. The van der Waals surface area contributed by atoms with Gasteiger partial charge in [0.25, 0.3) is 5.91 Å². The number of nitrogens with one attached hydrogen (secondary N) is 1. The smallest absolute Gasteiger partial charge is 0.291 e. The zero-order valence-electron chi connectivity index (χ0n) is 12.9. The second kappa shape index (κ2) is 6.04. The quantitative estimate of drug-likeness (QED) is 0.623. The van der Waals surface area contributed by atoms with Gasteiger partial charge in [-0.2, -0.15) is 5.10 Å². The van der Waals surface area contributed by atoms with Gasteiger partial charge < -0.3 is 9.73 Å². The lowest BCUT2D eigenvalue weighted by molar-refractivity contribution is 0.0997. The summed E-state index contributed by atoms with van der Waals surface area (Å²) in [5, 5.41) is 7.18. The average Bonchev–Trinajstić information content (AvgIpc) is 3.17. The van der Waals surface area contributed by atoms with Crippen LogP contribution in [0.4, 0.5) is 5.69 Å². The highest BCUT2D eigenvalue weighted by molar-refractivity contribution is 6.03. The number of fused-ring (bicyclic) bond motifs is 1. The number of aromatic nitrogens is 3. The van der Waals surface area contributed by atoms with E-state index in [0.717, 1.165) is 5.69 Å². The maximum atomic E-state index is 12.4. The first-order valence-electron chi connectivity index (χ1n) is 7.50. The highest BCUT2D eigenvalue weighted by atomic mass is 16.3.